The number of anilines is 1. The Kier molecular flexibility index (Phi) is 3.16. The van der Waals surface area contributed by atoms with Crippen molar-refractivity contribution in [1.29, 1.82) is 0 Å². The molecule has 1 saturated carbocycles. The van der Waals surface area contributed by atoms with E-state index in [0.717, 1.165) is 25.7 Å². The van der Waals surface area contributed by atoms with Crippen molar-refractivity contribution in [2.24, 2.45) is 5.84 Å². The second-order valence-electron chi connectivity index (χ2n) is 4.12. The van der Waals surface area contributed by atoms with E-state index in [2.05, 4.69) is 5.43 Å². The lowest BCUT2D eigenvalue weighted by molar-refractivity contribution is 0.579. The maximum absolute atomic E-state index is 12.2. The van der Waals surface area contributed by atoms with E-state index in [9.17, 15) is 8.42 Å². The van der Waals surface area contributed by atoms with E-state index in [1.165, 1.54) is 0 Å². The van der Waals surface area contributed by atoms with Crippen molar-refractivity contribution in [1.82, 2.24) is 0 Å². The summed E-state index contributed by atoms with van der Waals surface area (Å²) in [6, 6.07) is 6.59. The van der Waals surface area contributed by atoms with Gasteiger partial charge in [-0.2, -0.15) is 0 Å². The van der Waals surface area contributed by atoms with Crippen molar-refractivity contribution in [3.8, 4) is 0 Å². The predicted octanol–water partition coefficient (Wildman–Crippen LogP) is 1.69. The molecule has 5 heteroatoms. The van der Waals surface area contributed by atoms with Crippen molar-refractivity contribution < 1.29 is 8.42 Å². The molecule has 0 radical (unpaired) electrons. The first-order valence-corrected chi connectivity index (χ1v) is 7.00. The van der Waals surface area contributed by atoms with E-state index >= 15 is 0 Å². The van der Waals surface area contributed by atoms with Gasteiger partial charge in [0, 0.05) is 5.69 Å². The Labute approximate surface area is 95.7 Å². The van der Waals surface area contributed by atoms with E-state index in [0.29, 0.717) is 10.6 Å². The van der Waals surface area contributed by atoms with Gasteiger partial charge in [0.15, 0.2) is 9.84 Å². The van der Waals surface area contributed by atoms with Gasteiger partial charge in [0.1, 0.15) is 0 Å². The molecule has 0 saturated heterocycles. The van der Waals surface area contributed by atoms with Crippen LogP contribution in [0.15, 0.2) is 29.2 Å². The van der Waals surface area contributed by atoms with Gasteiger partial charge in [0.05, 0.1) is 10.1 Å². The third-order valence-corrected chi connectivity index (χ3v) is 5.37. The molecule has 1 fully saturated rings. The molecule has 0 unspecified atom stereocenters. The zero-order valence-electron chi connectivity index (χ0n) is 9.02. The fraction of sp³-hybridized carbons (Fsp3) is 0.455. The lowest BCUT2D eigenvalue weighted by atomic mass is 10.3. The first kappa shape index (κ1) is 11.4. The third-order valence-electron chi connectivity index (χ3n) is 3.09. The van der Waals surface area contributed by atoms with Crippen molar-refractivity contribution in [2.45, 2.75) is 35.8 Å². The molecule has 0 aromatic heterocycles. The van der Waals surface area contributed by atoms with Crippen molar-refractivity contribution in [2.75, 3.05) is 5.43 Å². The Balaban J connectivity index is 2.28. The lowest BCUT2D eigenvalue weighted by Crippen LogP contribution is -2.17. The Bertz CT molecular complexity index is 447. The summed E-state index contributed by atoms with van der Waals surface area (Å²) in [6.45, 7) is 0. The van der Waals surface area contributed by atoms with Gasteiger partial charge in [0.25, 0.3) is 0 Å². The molecule has 1 aromatic rings. The maximum atomic E-state index is 12.2. The van der Waals surface area contributed by atoms with Gasteiger partial charge in [-0.1, -0.05) is 12.8 Å². The summed E-state index contributed by atoms with van der Waals surface area (Å²) in [7, 11) is -3.13. The topological polar surface area (TPSA) is 72.2 Å². The summed E-state index contributed by atoms with van der Waals surface area (Å²) in [6.07, 6.45) is 3.62. The van der Waals surface area contributed by atoms with Crippen molar-refractivity contribution in [3.63, 3.8) is 0 Å². The van der Waals surface area contributed by atoms with Gasteiger partial charge in [-0.25, -0.2) is 8.42 Å². The number of nitrogens with two attached hydrogens (primary N) is 1. The number of sulfone groups is 1. The standard InChI is InChI=1S/C11H16N2O2S/c12-13-9-5-7-11(8-6-9)16(14,15)10-3-1-2-4-10/h5-8,10,13H,1-4,12H2. The van der Waals surface area contributed by atoms with Gasteiger partial charge < -0.3 is 5.43 Å². The predicted molar refractivity (Wildman–Crippen MR) is 63.7 cm³/mol. The Morgan fingerprint density at radius 2 is 1.69 bits per heavy atom. The minimum absolute atomic E-state index is 0.191. The summed E-state index contributed by atoms with van der Waals surface area (Å²) in [5.74, 6) is 5.23. The SMILES string of the molecule is NNc1ccc(S(=O)(=O)C2CCCC2)cc1. The summed E-state index contributed by atoms with van der Waals surface area (Å²) in [4.78, 5) is 0.401. The highest BCUT2D eigenvalue weighted by Gasteiger charge is 2.29. The van der Waals surface area contributed by atoms with Crippen LogP contribution in [0.4, 0.5) is 5.69 Å². The highest BCUT2D eigenvalue weighted by Crippen LogP contribution is 2.29. The van der Waals surface area contributed by atoms with Crippen LogP contribution in [0.3, 0.4) is 0 Å². The van der Waals surface area contributed by atoms with Crippen LogP contribution >= 0.6 is 0 Å². The lowest BCUT2D eigenvalue weighted by Gasteiger charge is -2.11. The van der Waals surface area contributed by atoms with Crippen molar-refractivity contribution >= 4 is 15.5 Å². The van der Waals surface area contributed by atoms with Gasteiger partial charge in [-0.3, -0.25) is 5.84 Å². The molecule has 0 bridgehead atoms. The molecule has 16 heavy (non-hydrogen) atoms. The summed E-state index contributed by atoms with van der Waals surface area (Å²) < 4.78 is 24.4. The van der Waals surface area contributed by atoms with Crippen LogP contribution in [-0.2, 0) is 9.84 Å². The second kappa shape index (κ2) is 4.43. The molecule has 0 aliphatic heterocycles. The minimum atomic E-state index is -3.13. The fourth-order valence-electron chi connectivity index (χ4n) is 2.13. The molecule has 2 rings (SSSR count). The molecular weight excluding hydrogens is 224 g/mol. The number of hydrogen-bond acceptors (Lipinski definition) is 4. The monoisotopic (exact) mass is 240 g/mol. The van der Waals surface area contributed by atoms with E-state index in [1.54, 1.807) is 24.3 Å². The zero-order valence-corrected chi connectivity index (χ0v) is 9.83. The normalized spacial score (nSPS) is 17.6. The summed E-state index contributed by atoms with van der Waals surface area (Å²) >= 11 is 0. The van der Waals surface area contributed by atoms with Crippen LogP contribution in [0, 0.1) is 0 Å². The van der Waals surface area contributed by atoms with Crippen LogP contribution < -0.4 is 11.3 Å². The largest absolute Gasteiger partial charge is 0.324 e. The van der Waals surface area contributed by atoms with E-state index in [-0.39, 0.29) is 5.25 Å². The molecule has 4 nitrogen and oxygen atoms in total. The first-order chi connectivity index (χ1) is 7.64. The van der Waals surface area contributed by atoms with Crippen LogP contribution in [-0.4, -0.2) is 13.7 Å². The fourth-order valence-corrected chi connectivity index (χ4v) is 3.99. The maximum Gasteiger partial charge on any atom is 0.181 e. The van der Waals surface area contributed by atoms with Crippen LogP contribution in [0.2, 0.25) is 0 Å². The highest BCUT2D eigenvalue weighted by atomic mass is 32.2. The molecular formula is C11H16N2O2S. The number of hydrogen-bond donors (Lipinski definition) is 2. The summed E-state index contributed by atoms with van der Waals surface area (Å²) in [5, 5.41) is -0.191. The molecule has 88 valence electrons. The second-order valence-corrected chi connectivity index (χ2v) is 6.35. The van der Waals surface area contributed by atoms with Gasteiger partial charge in [-0.15, -0.1) is 0 Å². The van der Waals surface area contributed by atoms with Crippen LogP contribution in [0.5, 0.6) is 0 Å². The van der Waals surface area contributed by atoms with E-state index < -0.39 is 9.84 Å². The highest BCUT2D eigenvalue weighted by molar-refractivity contribution is 7.92. The number of benzene rings is 1. The number of hydrazine groups is 1. The van der Waals surface area contributed by atoms with E-state index in [4.69, 9.17) is 5.84 Å². The van der Waals surface area contributed by atoms with Crippen LogP contribution in [0.1, 0.15) is 25.7 Å². The van der Waals surface area contributed by atoms with Gasteiger partial charge in [-0.05, 0) is 37.1 Å². The van der Waals surface area contributed by atoms with Crippen molar-refractivity contribution in [3.05, 3.63) is 24.3 Å². The third kappa shape index (κ3) is 2.05. The smallest absolute Gasteiger partial charge is 0.181 e. The van der Waals surface area contributed by atoms with E-state index in [1.807, 2.05) is 0 Å². The Morgan fingerprint density at radius 3 is 2.19 bits per heavy atom. The molecule has 0 spiro atoms. The molecule has 1 aliphatic rings. The average molecular weight is 240 g/mol. The van der Waals surface area contributed by atoms with Gasteiger partial charge in [0.2, 0.25) is 0 Å². The Morgan fingerprint density at radius 1 is 1.12 bits per heavy atom. The summed E-state index contributed by atoms with van der Waals surface area (Å²) in [5.41, 5.74) is 3.19. The first-order valence-electron chi connectivity index (χ1n) is 5.45. The zero-order chi connectivity index (χ0) is 11.6. The average Bonchev–Trinajstić information content (AvgIpc) is 2.83. The minimum Gasteiger partial charge on any atom is -0.324 e. The molecule has 1 aliphatic carbocycles. The van der Waals surface area contributed by atoms with Gasteiger partial charge >= 0.3 is 0 Å². The number of nitrogens with one attached hydrogen (secondary N) is 1. The number of rotatable bonds is 3. The molecule has 1 aromatic carbocycles. The molecule has 3 N–H and O–H groups in total. The quantitative estimate of drug-likeness (QED) is 0.623. The molecule has 0 heterocycles. The number of nitrogen functional groups attached to an aromatic ring is 1. The molecule has 0 amide bonds. The van der Waals surface area contributed by atoms with Crippen LogP contribution in [0.25, 0.3) is 0 Å². The Hall–Kier alpha value is -1.07. The molecule has 0 atom stereocenters.